The van der Waals surface area contributed by atoms with Crippen molar-refractivity contribution in [3.8, 4) is 0 Å². The first-order valence-electron chi connectivity index (χ1n) is 7.67. The van der Waals surface area contributed by atoms with Crippen molar-refractivity contribution in [1.82, 2.24) is 13.4 Å². The van der Waals surface area contributed by atoms with E-state index < -0.39 is 26.2 Å². The summed E-state index contributed by atoms with van der Waals surface area (Å²) in [6.07, 6.45) is 1.06. The lowest BCUT2D eigenvalue weighted by Gasteiger charge is -2.17. The molecule has 8 nitrogen and oxygen atoms in total. The van der Waals surface area contributed by atoms with Crippen LogP contribution in [0.3, 0.4) is 0 Å². The van der Waals surface area contributed by atoms with Crippen molar-refractivity contribution in [3.63, 3.8) is 0 Å². The van der Waals surface area contributed by atoms with E-state index in [1.807, 2.05) is 16.8 Å². The lowest BCUT2D eigenvalue weighted by molar-refractivity contribution is 0.223. The van der Waals surface area contributed by atoms with Gasteiger partial charge in [0.2, 0.25) is 10.0 Å². The molecule has 0 radical (unpaired) electrons. The predicted octanol–water partition coefficient (Wildman–Crippen LogP) is -0.458. The average molecular weight is 385 g/mol. The first-order valence-corrected chi connectivity index (χ1v) is 10.1. The Hall–Kier alpha value is -1.75. The molecule has 0 aliphatic carbocycles. The van der Waals surface area contributed by atoms with Gasteiger partial charge in [0.15, 0.2) is 4.90 Å². The SMILES string of the molecule is Cn1cc(S(=O)(=O)N2CC(CO)C(c3ccsc3)C2)c(=O)n(C)c1=O. The van der Waals surface area contributed by atoms with Gasteiger partial charge in [-0.1, -0.05) is 0 Å². The zero-order valence-corrected chi connectivity index (χ0v) is 15.5. The molecule has 1 fully saturated rings. The molecule has 2 aromatic heterocycles. The average Bonchev–Trinajstić information content (AvgIpc) is 3.24. The molecule has 1 aliphatic rings. The van der Waals surface area contributed by atoms with Gasteiger partial charge in [0.1, 0.15) is 0 Å². The van der Waals surface area contributed by atoms with E-state index in [9.17, 15) is 23.1 Å². The molecule has 0 bridgehead atoms. The number of aryl methyl sites for hydroxylation is 1. The number of rotatable bonds is 4. The second kappa shape index (κ2) is 6.52. The molecule has 2 atom stereocenters. The van der Waals surface area contributed by atoms with Gasteiger partial charge in [-0.3, -0.25) is 9.36 Å². The van der Waals surface area contributed by atoms with Gasteiger partial charge in [-0.15, -0.1) is 0 Å². The van der Waals surface area contributed by atoms with Crippen molar-refractivity contribution in [2.45, 2.75) is 10.8 Å². The zero-order chi connectivity index (χ0) is 18.4. The van der Waals surface area contributed by atoms with Crippen LogP contribution in [-0.4, -0.2) is 46.7 Å². The maximum atomic E-state index is 13.0. The minimum absolute atomic E-state index is 0.123. The van der Waals surface area contributed by atoms with Crippen molar-refractivity contribution in [3.05, 3.63) is 49.4 Å². The summed E-state index contributed by atoms with van der Waals surface area (Å²) in [5.74, 6) is -0.358. The number of aromatic nitrogens is 2. The van der Waals surface area contributed by atoms with E-state index >= 15 is 0 Å². The van der Waals surface area contributed by atoms with Crippen molar-refractivity contribution in [2.75, 3.05) is 19.7 Å². The second-order valence-corrected chi connectivity index (χ2v) is 8.87. The van der Waals surface area contributed by atoms with E-state index in [0.29, 0.717) is 0 Å². The van der Waals surface area contributed by atoms with Crippen molar-refractivity contribution in [1.29, 1.82) is 0 Å². The van der Waals surface area contributed by atoms with E-state index in [1.165, 1.54) is 29.7 Å². The fraction of sp³-hybridized carbons (Fsp3) is 0.467. The smallest absolute Gasteiger partial charge is 0.330 e. The van der Waals surface area contributed by atoms with Crippen LogP contribution in [0, 0.1) is 5.92 Å². The van der Waals surface area contributed by atoms with Crippen LogP contribution in [-0.2, 0) is 24.1 Å². The van der Waals surface area contributed by atoms with Crippen molar-refractivity contribution in [2.24, 2.45) is 20.0 Å². The number of aliphatic hydroxyl groups excluding tert-OH is 1. The molecule has 1 aliphatic heterocycles. The maximum absolute atomic E-state index is 13.0. The highest BCUT2D eigenvalue weighted by molar-refractivity contribution is 7.89. The largest absolute Gasteiger partial charge is 0.396 e. The lowest BCUT2D eigenvalue weighted by Crippen LogP contribution is -2.42. The Bertz CT molecular complexity index is 991. The van der Waals surface area contributed by atoms with E-state index in [1.54, 1.807) is 0 Å². The Labute approximate surface area is 148 Å². The Kier molecular flexibility index (Phi) is 4.71. The molecular weight excluding hydrogens is 366 g/mol. The summed E-state index contributed by atoms with van der Waals surface area (Å²) in [6, 6.07) is 1.92. The molecule has 0 saturated carbocycles. The number of thiophene rings is 1. The molecule has 2 aromatic rings. The molecule has 1 N–H and O–H groups in total. The van der Waals surface area contributed by atoms with Gasteiger partial charge < -0.3 is 9.67 Å². The van der Waals surface area contributed by atoms with Crippen LogP contribution in [0.4, 0.5) is 0 Å². The first kappa shape index (κ1) is 18.1. The number of nitrogens with zero attached hydrogens (tertiary/aromatic N) is 3. The van der Waals surface area contributed by atoms with Crippen LogP contribution >= 0.6 is 11.3 Å². The van der Waals surface area contributed by atoms with Gasteiger partial charge in [-0.2, -0.15) is 15.6 Å². The number of hydrogen-bond acceptors (Lipinski definition) is 6. The fourth-order valence-corrected chi connectivity index (χ4v) is 5.56. The molecule has 3 rings (SSSR count). The second-order valence-electron chi connectivity index (χ2n) is 6.18. The van der Waals surface area contributed by atoms with Crippen molar-refractivity contribution < 1.29 is 13.5 Å². The molecule has 3 heterocycles. The third kappa shape index (κ3) is 2.99. The monoisotopic (exact) mass is 385 g/mol. The number of aliphatic hydroxyl groups is 1. The van der Waals surface area contributed by atoms with Gasteiger partial charge in [0.25, 0.3) is 5.56 Å². The standard InChI is InChI=1S/C15H19N3O5S2/c1-16-7-13(14(20)17(2)15(16)21)25(22,23)18-5-11(8-19)12(6-18)10-3-4-24-9-10/h3-4,7,9,11-12,19H,5-6,8H2,1-2H3. The summed E-state index contributed by atoms with van der Waals surface area (Å²) >= 11 is 1.51. The first-order chi connectivity index (χ1) is 11.8. The summed E-state index contributed by atoms with van der Waals surface area (Å²) in [6.45, 7) is 0.180. The Balaban J connectivity index is 2.02. The van der Waals surface area contributed by atoms with Crippen LogP contribution in [0.25, 0.3) is 0 Å². The third-order valence-corrected chi connectivity index (χ3v) is 7.16. The van der Waals surface area contributed by atoms with E-state index in [-0.39, 0.29) is 31.5 Å². The third-order valence-electron chi connectivity index (χ3n) is 4.65. The Morgan fingerprint density at radius 3 is 2.60 bits per heavy atom. The highest BCUT2D eigenvalue weighted by Gasteiger charge is 2.41. The van der Waals surface area contributed by atoms with Crippen LogP contribution in [0.5, 0.6) is 0 Å². The molecule has 2 unspecified atom stereocenters. The van der Waals surface area contributed by atoms with Crippen LogP contribution in [0.2, 0.25) is 0 Å². The molecule has 0 amide bonds. The van der Waals surface area contributed by atoms with E-state index in [4.69, 9.17) is 0 Å². The molecule has 136 valence electrons. The van der Waals surface area contributed by atoms with Gasteiger partial charge in [-0.05, 0) is 22.4 Å². The van der Waals surface area contributed by atoms with Crippen LogP contribution < -0.4 is 11.2 Å². The van der Waals surface area contributed by atoms with E-state index in [0.717, 1.165) is 20.9 Å². The predicted molar refractivity (Wildman–Crippen MR) is 93.3 cm³/mol. The zero-order valence-electron chi connectivity index (χ0n) is 13.8. The van der Waals surface area contributed by atoms with Gasteiger partial charge in [-0.25, -0.2) is 13.2 Å². The van der Waals surface area contributed by atoms with E-state index in [2.05, 4.69) is 0 Å². The van der Waals surface area contributed by atoms with Crippen molar-refractivity contribution >= 4 is 21.4 Å². The van der Waals surface area contributed by atoms with Gasteiger partial charge in [0, 0.05) is 51.8 Å². The number of hydrogen-bond donors (Lipinski definition) is 1. The quantitative estimate of drug-likeness (QED) is 0.768. The topological polar surface area (TPSA) is 102 Å². The lowest BCUT2D eigenvalue weighted by atomic mass is 9.92. The summed E-state index contributed by atoms with van der Waals surface area (Å²) in [4.78, 5) is 23.7. The summed E-state index contributed by atoms with van der Waals surface area (Å²) in [5, 5.41) is 13.5. The highest BCUT2D eigenvalue weighted by Crippen LogP contribution is 2.35. The molecular formula is C15H19N3O5S2. The fourth-order valence-electron chi connectivity index (χ4n) is 3.17. The molecule has 0 spiro atoms. The van der Waals surface area contributed by atoms with Gasteiger partial charge in [0.05, 0.1) is 0 Å². The molecule has 0 aromatic carbocycles. The Morgan fingerprint density at radius 1 is 1.28 bits per heavy atom. The van der Waals surface area contributed by atoms with Crippen LogP contribution in [0.1, 0.15) is 11.5 Å². The van der Waals surface area contributed by atoms with Crippen LogP contribution in [0.15, 0.2) is 37.5 Å². The highest BCUT2D eigenvalue weighted by atomic mass is 32.2. The molecule has 25 heavy (non-hydrogen) atoms. The minimum atomic E-state index is -4.07. The Morgan fingerprint density at radius 2 is 2.00 bits per heavy atom. The molecule has 1 saturated heterocycles. The summed E-state index contributed by atoms with van der Waals surface area (Å²) in [5.41, 5.74) is -0.451. The number of sulfonamides is 1. The summed E-state index contributed by atoms with van der Waals surface area (Å²) < 4.78 is 29.0. The van der Waals surface area contributed by atoms with Gasteiger partial charge >= 0.3 is 5.69 Å². The maximum Gasteiger partial charge on any atom is 0.330 e. The molecule has 10 heteroatoms. The summed E-state index contributed by atoms with van der Waals surface area (Å²) in [7, 11) is -1.42. The minimum Gasteiger partial charge on any atom is -0.396 e. The normalized spacial score (nSPS) is 21.7.